The van der Waals surface area contributed by atoms with Gasteiger partial charge in [-0.25, -0.2) is 9.78 Å². The van der Waals surface area contributed by atoms with Crippen molar-refractivity contribution in [2.75, 3.05) is 13.1 Å². The van der Waals surface area contributed by atoms with E-state index in [0.29, 0.717) is 24.5 Å². The van der Waals surface area contributed by atoms with E-state index < -0.39 is 5.97 Å². The van der Waals surface area contributed by atoms with Crippen molar-refractivity contribution in [3.63, 3.8) is 0 Å². The van der Waals surface area contributed by atoms with Crippen LogP contribution in [0, 0.1) is 6.92 Å². The van der Waals surface area contributed by atoms with Crippen molar-refractivity contribution in [1.29, 1.82) is 0 Å². The van der Waals surface area contributed by atoms with Crippen LogP contribution in [0.1, 0.15) is 46.8 Å². The molecule has 0 radical (unpaired) electrons. The monoisotopic (exact) mass is 250 g/mol. The number of nitrogens with zero attached hydrogens (tertiary/aromatic N) is 2. The maximum absolute atomic E-state index is 12.1. The van der Waals surface area contributed by atoms with E-state index in [0.717, 1.165) is 6.42 Å². The third kappa shape index (κ3) is 3.06. The first kappa shape index (κ1) is 14.2. The minimum atomic E-state index is -1.03. The zero-order chi connectivity index (χ0) is 13.7. The molecule has 1 heterocycles. The van der Waals surface area contributed by atoms with Crippen molar-refractivity contribution in [3.8, 4) is 0 Å². The van der Waals surface area contributed by atoms with Gasteiger partial charge in [-0.2, -0.15) is 0 Å². The van der Waals surface area contributed by atoms with Crippen LogP contribution in [0.5, 0.6) is 0 Å². The number of carboxylic acids is 1. The number of carbonyl (C=O) groups excluding carboxylic acids is 1. The molecule has 0 spiro atoms. The van der Waals surface area contributed by atoms with Crippen LogP contribution in [0.15, 0.2) is 12.1 Å². The van der Waals surface area contributed by atoms with Crippen LogP contribution in [0.2, 0.25) is 0 Å². The Kier molecular flexibility index (Phi) is 4.83. The lowest BCUT2D eigenvalue weighted by molar-refractivity contribution is 0.0692. The lowest BCUT2D eigenvalue weighted by atomic mass is 10.2. The van der Waals surface area contributed by atoms with E-state index in [1.807, 2.05) is 13.8 Å². The minimum Gasteiger partial charge on any atom is -0.478 e. The fourth-order valence-corrected chi connectivity index (χ4v) is 1.74. The lowest BCUT2D eigenvalue weighted by Crippen LogP contribution is -2.32. The molecule has 1 amide bonds. The Morgan fingerprint density at radius 1 is 1.33 bits per heavy atom. The molecule has 18 heavy (non-hydrogen) atoms. The van der Waals surface area contributed by atoms with Crippen LogP contribution in [0.4, 0.5) is 0 Å². The molecular weight excluding hydrogens is 232 g/mol. The number of amides is 1. The Morgan fingerprint density at radius 2 is 2.00 bits per heavy atom. The van der Waals surface area contributed by atoms with Gasteiger partial charge in [0.1, 0.15) is 5.69 Å². The van der Waals surface area contributed by atoms with Gasteiger partial charge in [0.05, 0.1) is 11.3 Å². The smallest absolute Gasteiger partial charge is 0.337 e. The van der Waals surface area contributed by atoms with Gasteiger partial charge in [0.15, 0.2) is 0 Å². The average molecular weight is 250 g/mol. The summed E-state index contributed by atoms with van der Waals surface area (Å²) < 4.78 is 0. The molecule has 5 heteroatoms. The molecule has 1 aromatic rings. The van der Waals surface area contributed by atoms with Gasteiger partial charge in [-0.05, 0) is 32.4 Å². The summed E-state index contributed by atoms with van der Waals surface area (Å²) in [6.07, 6.45) is 0.881. The van der Waals surface area contributed by atoms with E-state index in [1.165, 1.54) is 12.1 Å². The number of carboxylic acid groups (broad SMARTS) is 1. The van der Waals surface area contributed by atoms with Crippen LogP contribution in [0.25, 0.3) is 0 Å². The maximum Gasteiger partial charge on any atom is 0.337 e. The van der Waals surface area contributed by atoms with Gasteiger partial charge >= 0.3 is 5.97 Å². The zero-order valence-electron chi connectivity index (χ0n) is 10.9. The predicted molar refractivity (Wildman–Crippen MR) is 67.8 cm³/mol. The van der Waals surface area contributed by atoms with Gasteiger partial charge in [0.2, 0.25) is 0 Å². The highest BCUT2D eigenvalue weighted by atomic mass is 16.4. The number of aromatic nitrogens is 1. The molecule has 0 fully saturated rings. The SMILES string of the molecule is CCCN(CC)C(=O)c1ccc(C(=O)O)c(C)n1. The maximum atomic E-state index is 12.1. The van der Waals surface area contributed by atoms with Gasteiger partial charge in [-0.15, -0.1) is 0 Å². The summed E-state index contributed by atoms with van der Waals surface area (Å²) in [5.41, 5.74) is 0.791. The Balaban J connectivity index is 3.00. The van der Waals surface area contributed by atoms with Crippen molar-refractivity contribution < 1.29 is 14.7 Å². The molecule has 0 aliphatic rings. The van der Waals surface area contributed by atoms with Gasteiger partial charge in [-0.3, -0.25) is 4.79 Å². The standard InChI is InChI=1S/C13H18N2O3/c1-4-8-15(5-2)12(16)11-7-6-10(13(17)18)9(3)14-11/h6-7H,4-5,8H2,1-3H3,(H,17,18). The number of hydrogen-bond acceptors (Lipinski definition) is 3. The third-order valence-corrected chi connectivity index (χ3v) is 2.70. The first-order chi connectivity index (χ1) is 8.51. The molecule has 1 aromatic heterocycles. The molecule has 1 N–H and O–H groups in total. The van der Waals surface area contributed by atoms with Crippen LogP contribution in [0.3, 0.4) is 0 Å². The van der Waals surface area contributed by atoms with Gasteiger partial charge < -0.3 is 10.0 Å². The summed E-state index contributed by atoms with van der Waals surface area (Å²) >= 11 is 0. The Labute approximate surface area is 106 Å². The summed E-state index contributed by atoms with van der Waals surface area (Å²) in [6.45, 7) is 6.80. The van der Waals surface area contributed by atoms with Crippen molar-refractivity contribution in [3.05, 3.63) is 29.1 Å². The van der Waals surface area contributed by atoms with Crippen molar-refractivity contribution in [2.24, 2.45) is 0 Å². The number of hydrogen-bond donors (Lipinski definition) is 1. The topological polar surface area (TPSA) is 70.5 Å². The molecule has 0 aliphatic carbocycles. The first-order valence-corrected chi connectivity index (χ1v) is 6.01. The van der Waals surface area contributed by atoms with Crippen LogP contribution in [-0.4, -0.2) is 40.0 Å². The molecule has 0 aliphatic heterocycles. The van der Waals surface area contributed by atoms with E-state index in [9.17, 15) is 9.59 Å². The molecule has 0 atom stereocenters. The van der Waals surface area contributed by atoms with E-state index in [1.54, 1.807) is 11.8 Å². The molecule has 0 bridgehead atoms. The molecular formula is C13H18N2O3. The quantitative estimate of drug-likeness (QED) is 0.867. The molecule has 98 valence electrons. The van der Waals surface area contributed by atoms with E-state index in [-0.39, 0.29) is 11.5 Å². The second kappa shape index (κ2) is 6.14. The summed E-state index contributed by atoms with van der Waals surface area (Å²) in [5.74, 6) is -1.18. The van der Waals surface area contributed by atoms with E-state index in [2.05, 4.69) is 4.98 Å². The normalized spacial score (nSPS) is 10.2. The molecule has 1 rings (SSSR count). The minimum absolute atomic E-state index is 0.130. The zero-order valence-corrected chi connectivity index (χ0v) is 10.9. The summed E-state index contributed by atoms with van der Waals surface area (Å²) in [4.78, 5) is 28.7. The Hall–Kier alpha value is -1.91. The highest BCUT2D eigenvalue weighted by Gasteiger charge is 2.17. The third-order valence-electron chi connectivity index (χ3n) is 2.70. The molecule has 0 saturated heterocycles. The number of aryl methyl sites for hydroxylation is 1. The lowest BCUT2D eigenvalue weighted by Gasteiger charge is -2.19. The average Bonchev–Trinajstić information content (AvgIpc) is 2.34. The number of pyridine rings is 1. The second-order valence-corrected chi connectivity index (χ2v) is 4.02. The van der Waals surface area contributed by atoms with Gasteiger partial charge in [0.25, 0.3) is 5.91 Å². The molecule has 0 unspecified atom stereocenters. The van der Waals surface area contributed by atoms with Gasteiger partial charge in [-0.1, -0.05) is 6.92 Å². The fraction of sp³-hybridized carbons (Fsp3) is 0.462. The van der Waals surface area contributed by atoms with Crippen LogP contribution >= 0.6 is 0 Å². The predicted octanol–water partition coefficient (Wildman–Crippen LogP) is 1.96. The first-order valence-electron chi connectivity index (χ1n) is 6.01. The van der Waals surface area contributed by atoms with Gasteiger partial charge in [0, 0.05) is 13.1 Å². The fourth-order valence-electron chi connectivity index (χ4n) is 1.74. The highest BCUT2D eigenvalue weighted by Crippen LogP contribution is 2.09. The molecule has 0 aromatic carbocycles. The molecule has 0 saturated carbocycles. The highest BCUT2D eigenvalue weighted by molar-refractivity contribution is 5.94. The Bertz CT molecular complexity index is 458. The van der Waals surface area contributed by atoms with Crippen molar-refractivity contribution in [1.82, 2.24) is 9.88 Å². The van der Waals surface area contributed by atoms with E-state index >= 15 is 0 Å². The number of aromatic carboxylic acids is 1. The van der Waals surface area contributed by atoms with E-state index in [4.69, 9.17) is 5.11 Å². The summed E-state index contributed by atoms with van der Waals surface area (Å²) in [7, 11) is 0. The van der Waals surface area contributed by atoms with Crippen LogP contribution < -0.4 is 0 Å². The van der Waals surface area contributed by atoms with Crippen molar-refractivity contribution in [2.45, 2.75) is 27.2 Å². The second-order valence-electron chi connectivity index (χ2n) is 4.02. The van der Waals surface area contributed by atoms with Crippen molar-refractivity contribution >= 4 is 11.9 Å². The Morgan fingerprint density at radius 3 is 2.44 bits per heavy atom. The number of carbonyl (C=O) groups is 2. The summed E-state index contributed by atoms with van der Waals surface area (Å²) in [6, 6.07) is 2.90. The summed E-state index contributed by atoms with van der Waals surface area (Å²) in [5, 5.41) is 8.90. The largest absolute Gasteiger partial charge is 0.478 e. The van der Waals surface area contributed by atoms with Crippen LogP contribution in [-0.2, 0) is 0 Å². The molecule has 5 nitrogen and oxygen atoms in total. The number of rotatable bonds is 5.